The summed E-state index contributed by atoms with van der Waals surface area (Å²) in [5.74, 6) is 3.15. The predicted molar refractivity (Wildman–Crippen MR) is 68.4 cm³/mol. The lowest BCUT2D eigenvalue weighted by atomic mass is 10.0. The fourth-order valence-electron chi connectivity index (χ4n) is 2.44. The van der Waals surface area contributed by atoms with Crippen molar-refractivity contribution in [1.29, 1.82) is 0 Å². The highest BCUT2D eigenvalue weighted by Gasteiger charge is 2.14. The summed E-state index contributed by atoms with van der Waals surface area (Å²) in [5.41, 5.74) is 0. The molecule has 0 aliphatic heterocycles. The summed E-state index contributed by atoms with van der Waals surface area (Å²) in [7, 11) is 1.63. The number of aromatic nitrogens is 2. The van der Waals surface area contributed by atoms with Crippen molar-refractivity contribution in [2.45, 2.75) is 39.0 Å². The first-order valence-corrected chi connectivity index (χ1v) is 6.41. The monoisotopic (exact) mass is 235 g/mol. The zero-order valence-electron chi connectivity index (χ0n) is 10.7. The average Bonchev–Trinajstić information content (AvgIpc) is 2.81. The highest BCUT2D eigenvalue weighted by Crippen LogP contribution is 2.27. The summed E-state index contributed by atoms with van der Waals surface area (Å²) in [6.07, 6.45) is 6.85. The fourth-order valence-corrected chi connectivity index (χ4v) is 2.44. The van der Waals surface area contributed by atoms with Gasteiger partial charge in [-0.05, 0) is 19.3 Å². The second kappa shape index (κ2) is 5.84. The largest absolute Gasteiger partial charge is 0.481 e. The summed E-state index contributed by atoms with van der Waals surface area (Å²) in [6, 6.07) is 1.85. The molecule has 4 nitrogen and oxygen atoms in total. The summed E-state index contributed by atoms with van der Waals surface area (Å²) in [6.45, 7) is 2.87. The molecule has 0 atom stereocenters. The van der Waals surface area contributed by atoms with E-state index in [1.165, 1.54) is 32.1 Å². The van der Waals surface area contributed by atoms with Crippen LogP contribution in [0.4, 0.5) is 5.82 Å². The molecule has 1 aliphatic carbocycles. The van der Waals surface area contributed by atoms with E-state index in [0.717, 1.165) is 24.1 Å². The maximum atomic E-state index is 5.12. The van der Waals surface area contributed by atoms with Gasteiger partial charge in [-0.3, -0.25) is 0 Å². The standard InChI is InChI=1S/C13H21N3O/c1-10-15-12(9-13(16-10)17-2)14-8-7-11-5-3-4-6-11/h9,11H,3-8H2,1-2H3,(H,14,15,16). The van der Waals surface area contributed by atoms with Crippen LogP contribution in [0.5, 0.6) is 5.88 Å². The number of nitrogens with zero attached hydrogens (tertiary/aromatic N) is 2. The molecule has 0 amide bonds. The lowest BCUT2D eigenvalue weighted by Gasteiger charge is -2.11. The van der Waals surface area contributed by atoms with E-state index in [2.05, 4.69) is 15.3 Å². The molecule has 0 radical (unpaired) electrons. The Hall–Kier alpha value is -1.32. The first-order valence-electron chi connectivity index (χ1n) is 6.41. The number of methoxy groups -OCH3 is 1. The first-order chi connectivity index (χ1) is 8.28. The number of hydrogen-bond acceptors (Lipinski definition) is 4. The van der Waals surface area contributed by atoms with Crippen LogP contribution >= 0.6 is 0 Å². The van der Waals surface area contributed by atoms with Crippen molar-refractivity contribution in [1.82, 2.24) is 9.97 Å². The molecule has 4 heteroatoms. The highest BCUT2D eigenvalue weighted by molar-refractivity contribution is 5.38. The summed E-state index contributed by atoms with van der Waals surface area (Å²) in [5, 5.41) is 3.36. The molecule has 1 N–H and O–H groups in total. The topological polar surface area (TPSA) is 47.0 Å². The zero-order valence-corrected chi connectivity index (χ0v) is 10.7. The van der Waals surface area contributed by atoms with Crippen molar-refractivity contribution >= 4 is 5.82 Å². The Bertz CT molecular complexity index is 362. The Morgan fingerprint density at radius 3 is 2.82 bits per heavy atom. The van der Waals surface area contributed by atoms with Crippen molar-refractivity contribution in [3.05, 3.63) is 11.9 Å². The van der Waals surface area contributed by atoms with Gasteiger partial charge in [0.2, 0.25) is 5.88 Å². The van der Waals surface area contributed by atoms with Gasteiger partial charge >= 0.3 is 0 Å². The van der Waals surface area contributed by atoms with Crippen LogP contribution in [-0.2, 0) is 0 Å². The van der Waals surface area contributed by atoms with Crippen molar-refractivity contribution in [2.24, 2.45) is 5.92 Å². The summed E-state index contributed by atoms with van der Waals surface area (Å²) < 4.78 is 5.12. The minimum absolute atomic E-state index is 0.626. The fraction of sp³-hybridized carbons (Fsp3) is 0.692. The van der Waals surface area contributed by atoms with Crippen LogP contribution in [0, 0.1) is 12.8 Å². The van der Waals surface area contributed by atoms with Gasteiger partial charge in [0.1, 0.15) is 11.6 Å². The van der Waals surface area contributed by atoms with Crippen LogP contribution in [0.2, 0.25) is 0 Å². The van der Waals surface area contributed by atoms with Gasteiger partial charge in [0.25, 0.3) is 0 Å². The van der Waals surface area contributed by atoms with E-state index in [1.807, 2.05) is 13.0 Å². The first kappa shape index (κ1) is 12.1. The van der Waals surface area contributed by atoms with Crippen molar-refractivity contribution in [3.8, 4) is 5.88 Å². The molecule has 1 saturated carbocycles. The van der Waals surface area contributed by atoms with Gasteiger partial charge in [-0.2, -0.15) is 4.98 Å². The molecule has 0 saturated heterocycles. The van der Waals surface area contributed by atoms with E-state index in [1.54, 1.807) is 7.11 Å². The average molecular weight is 235 g/mol. The molecule has 94 valence electrons. The van der Waals surface area contributed by atoms with Gasteiger partial charge in [0, 0.05) is 12.6 Å². The Labute approximate surface area is 103 Å². The Balaban J connectivity index is 1.83. The lowest BCUT2D eigenvalue weighted by Crippen LogP contribution is -2.09. The number of nitrogens with one attached hydrogen (secondary N) is 1. The maximum absolute atomic E-state index is 5.12. The van der Waals surface area contributed by atoms with Gasteiger partial charge in [-0.15, -0.1) is 0 Å². The predicted octanol–water partition coefficient (Wildman–Crippen LogP) is 2.79. The van der Waals surface area contributed by atoms with Crippen LogP contribution in [0.1, 0.15) is 37.9 Å². The van der Waals surface area contributed by atoms with Crippen molar-refractivity contribution in [2.75, 3.05) is 19.0 Å². The zero-order chi connectivity index (χ0) is 12.1. The number of aryl methyl sites for hydroxylation is 1. The molecule has 1 fully saturated rings. The molecule has 1 aromatic heterocycles. The number of rotatable bonds is 5. The molecule has 2 rings (SSSR count). The van der Waals surface area contributed by atoms with E-state index in [0.29, 0.717) is 5.88 Å². The van der Waals surface area contributed by atoms with E-state index in [9.17, 15) is 0 Å². The van der Waals surface area contributed by atoms with Gasteiger partial charge in [0.15, 0.2) is 0 Å². The minimum atomic E-state index is 0.626. The van der Waals surface area contributed by atoms with Crippen LogP contribution in [0.3, 0.4) is 0 Å². The third-order valence-electron chi connectivity index (χ3n) is 3.36. The number of anilines is 1. The third-order valence-corrected chi connectivity index (χ3v) is 3.36. The minimum Gasteiger partial charge on any atom is -0.481 e. The van der Waals surface area contributed by atoms with Gasteiger partial charge in [-0.25, -0.2) is 4.98 Å². The van der Waals surface area contributed by atoms with E-state index >= 15 is 0 Å². The molecule has 0 bridgehead atoms. The van der Waals surface area contributed by atoms with Crippen molar-refractivity contribution < 1.29 is 4.74 Å². The van der Waals surface area contributed by atoms with Gasteiger partial charge in [-0.1, -0.05) is 25.7 Å². The highest BCUT2D eigenvalue weighted by atomic mass is 16.5. The quantitative estimate of drug-likeness (QED) is 0.852. The smallest absolute Gasteiger partial charge is 0.218 e. The van der Waals surface area contributed by atoms with E-state index < -0.39 is 0 Å². The lowest BCUT2D eigenvalue weighted by molar-refractivity contribution is 0.396. The molecule has 1 aliphatic rings. The Morgan fingerprint density at radius 1 is 1.35 bits per heavy atom. The number of ether oxygens (including phenoxy) is 1. The van der Waals surface area contributed by atoms with Gasteiger partial charge in [0.05, 0.1) is 7.11 Å². The summed E-state index contributed by atoms with van der Waals surface area (Å²) >= 11 is 0. The van der Waals surface area contributed by atoms with E-state index in [4.69, 9.17) is 4.74 Å². The van der Waals surface area contributed by atoms with Crippen LogP contribution in [-0.4, -0.2) is 23.6 Å². The second-order valence-corrected chi connectivity index (χ2v) is 4.71. The van der Waals surface area contributed by atoms with Gasteiger partial charge < -0.3 is 10.1 Å². The molecule has 17 heavy (non-hydrogen) atoms. The molecule has 0 unspecified atom stereocenters. The normalized spacial score (nSPS) is 16.1. The molecule has 0 aromatic carbocycles. The van der Waals surface area contributed by atoms with Crippen molar-refractivity contribution in [3.63, 3.8) is 0 Å². The molecule has 1 aromatic rings. The molecular formula is C13H21N3O. The Morgan fingerprint density at radius 2 is 2.12 bits per heavy atom. The van der Waals surface area contributed by atoms with Crippen LogP contribution < -0.4 is 10.1 Å². The maximum Gasteiger partial charge on any atom is 0.218 e. The Kier molecular flexibility index (Phi) is 4.18. The third kappa shape index (κ3) is 3.58. The summed E-state index contributed by atoms with van der Waals surface area (Å²) in [4.78, 5) is 8.51. The van der Waals surface area contributed by atoms with Crippen LogP contribution in [0.15, 0.2) is 6.07 Å². The van der Waals surface area contributed by atoms with E-state index in [-0.39, 0.29) is 0 Å². The molecule has 1 heterocycles. The second-order valence-electron chi connectivity index (χ2n) is 4.71. The number of hydrogen-bond donors (Lipinski definition) is 1. The van der Waals surface area contributed by atoms with Crippen LogP contribution in [0.25, 0.3) is 0 Å². The molecular weight excluding hydrogens is 214 g/mol. The SMILES string of the molecule is COc1cc(NCCC2CCCC2)nc(C)n1. The molecule has 0 spiro atoms.